The van der Waals surface area contributed by atoms with Crippen LogP contribution in [0.3, 0.4) is 0 Å². The predicted molar refractivity (Wildman–Crippen MR) is 42.7 cm³/mol. The molecule has 0 aromatic carbocycles. The van der Waals surface area contributed by atoms with Crippen LogP contribution < -0.4 is 5.32 Å². The largest absolute Gasteiger partial charge is 0.351 e. The quantitative estimate of drug-likeness (QED) is 0.371. The number of rotatable bonds is 4. The van der Waals surface area contributed by atoms with Crippen molar-refractivity contribution in [3.05, 3.63) is 12.2 Å². The minimum Gasteiger partial charge on any atom is -0.351 e. The highest BCUT2D eigenvalue weighted by atomic mass is 16.1. The van der Waals surface area contributed by atoms with Crippen molar-refractivity contribution in [3.8, 4) is 6.07 Å². The molecule has 0 aliphatic carbocycles. The minimum atomic E-state index is -0.360. The van der Waals surface area contributed by atoms with Gasteiger partial charge in [-0.2, -0.15) is 5.26 Å². The molecule has 0 rings (SSSR count). The first-order chi connectivity index (χ1) is 5.22. The number of nitrogens with zero attached hydrogens (tertiary/aromatic N) is 1. The van der Waals surface area contributed by atoms with Crippen LogP contribution in [0, 0.1) is 11.3 Å². The zero-order valence-electron chi connectivity index (χ0n) is 6.68. The van der Waals surface area contributed by atoms with E-state index in [9.17, 15) is 4.79 Å². The Labute approximate surface area is 66.7 Å². The van der Waals surface area contributed by atoms with Gasteiger partial charge in [0, 0.05) is 6.54 Å². The molecule has 0 aromatic heterocycles. The van der Waals surface area contributed by atoms with Crippen LogP contribution in [0.1, 0.15) is 19.8 Å². The van der Waals surface area contributed by atoms with Gasteiger partial charge in [0.1, 0.15) is 11.6 Å². The molecule has 11 heavy (non-hydrogen) atoms. The summed E-state index contributed by atoms with van der Waals surface area (Å²) in [6.07, 6.45) is 1.96. The summed E-state index contributed by atoms with van der Waals surface area (Å²) in [6.45, 7) is 5.93. The maximum absolute atomic E-state index is 10.8. The van der Waals surface area contributed by atoms with Gasteiger partial charge in [-0.25, -0.2) is 0 Å². The second kappa shape index (κ2) is 5.48. The van der Waals surface area contributed by atoms with E-state index in [0.717, 1.165) is 12.8 Å². The number of unbranched alkanes of at least 4 members (excludes halogenated alkanes) is 1. The van der Waals surface area contributed by atoms with Crippen molar-refractivity contribution in [1.82, 2.24) is 5.32 Å². The average molecular weight is 152 g/mol. The first-order valence-corrected chi connectivity index (χ1v) is 3.59. The van der Waals surface area contributed by atoms with E-state index in [0.29, 0.717) is 6.54 Å². The van der Waals surface area contributed by atoms with E-state index in [1.54, 1.807) is 6.07 Å². The van der Waals surface area contributed by atoms with E-state index >= 15 is 0 Å². The first-order valence-electron chi connectivity index (χ1n) is 3.59. The smallest absolute Gasteiger partial charge is 0.261 e. The normalized spacial score (nSPS) is 8.36. The number of carbonyl (C=O) groups is 1. The SMILES string of the molecule is C=C(C#N)C(=O)NCCCC. The molecule has 0 aromatic rings. The van der Waals surface area contributed by atoms with Crippen molar-refractivity contribution in [2.24, 2.45) is 0 Å². The third-order valence-electron chi connectivity index (χ3n) is 1.22. The van der Waals surface area contributed by atoms with Crippen molar-refractivity contribution >= 4 is 5.91 Å². The Balaban J connectivity index is 3.55. The van der Waals surface area contributed by atoms with Crippen LogP contribution >= 0.6 is 0 Å². The van der Waals surface area contributed by atoms with Gasteiger partial charge < -0.3 is 5.32 Å². The lowest BCUT2D eigenvalue weighted by molar-refractivity contribution is -0.117. The number of hydrogen-bond acceptors (Lipinski definition) is 2. The lowest BCUT2D eigenvalue weighted by atomic mass is 10.3. The summed E-state index contributed by atoms with van der Waals surface area (Å²) in [5.41, 5.74) is -0.0268. The molecule has 0 spiro atoms. The number of nitrogens with one attached hydrogen (secondary N) is 1. The molecular formula is C8H12N2O. The Morgan fingerprint density at radius 3 is 2.82 bits per heavy atom. The van der Waals surface area contributed by atoms with Crippen molar-refractivity contribution in [2.75, 3.05) is 6.54 Å². The zero-order valence-corrected chi connectivity index (χ0v) is 6.68. The second-order valence-corrected chi connectivity index (χ2v) is 2.20. The summed E-state index contributed by atoms with van der Waals surface area (Å²) >= 11 is 0. The van der Waals surface area contributed by atoms with Gasteiger partial charge >= 0.3 is 0 Å². The van der Waals surface area contributed by atoms with Gasteiger partial charge in [-0.15, -0.1) is 0 Å². The molecule has 3 nitrogen and oxygen atoms in total. The summed E-state index contributed by atoms with van der Waals surface area (Å²) in [7, 11) is 0. The van der Waals surface area contributed by atoms with Crippen molar-refractivity contribution in [2.45, 2.75) is 19.8 Å². The van der Waals surface area contributed by atoms with Crippen molar-refractivity contribution in [1.29, 1.82) is 5.26 Å². The zero-order chi connectivity index (χ0) is 8.69. The van der Waals surface area contributed by atoms with E-state index in [2.05, 4.69) is 11.9 Å². The van der Waals surface area contributed by atoms with Crippen LogP contribution in [0.5, 0.6) is 0 Å². The maximum Gasteiger partial charge on any atom is 0.261 e. The molecular weight excluding hydrogens is 140 g/mol. The molecule has 3 heteroatoms. The molecule has 0 aliphatic rings. The van der Waals surface area contributed by atoms with Crippen molar-refractivity contribution < 1.29 is 4.79 Å². The predicted octanol–water partition coefficient (Wildman–Crippen LogP) is 0.982. The number of amides is 1. The van der Waals surface area contributed by atoms with Crippen LogP contribution in [-0.2, 0) is 4.79 Å². The van der Waals surface area contributed by atoms with E-state index in [1.165, 1.54) is 0 Å². The van der Waals surface area contributed by atoms with Gasteiger partial charge in [0.05, 0.1) is 0 Å². The Bertz CT molecular complexity index is 191. The summed E-state index contributed by atoms with van der Waals surface area (Å²) < 4.78 is 0. The number of nitriles is 1. The monoisotopic (exact) mass is 152 g/mol. The van der Waals surface area contributed by atoms with E-state index in [4.69, 9.17) is 5.26 Å². The summed E-state index contributed by atoms with van der Waals surface area (Å²) in [6, 6.07) is 1.69. The van der Waals surface area contributed by atoms with Gasteiger partial charge in [0.15, 0.2) is 0 Å². The molecule has 0 unspecified atom stereocenters. The third-order valence-corrected chi connectivity index (χ3v) is 1.22. The molecule has 0 aliphatic heterocycles. The second-order valence-electron chi connectivity index (χ2n) is 2.20. The topological polar surface area (TPSA) is 52.9 Å². The Kier molecular flexibility index (Phi) is 4.83. The lowest BCUT2D eigenvalue weighted by Crippen LogP contribution is -2.24. The van der Waals surface area contributed by atoms with E-state index in [-0.39, 0.29) is 11.5 Å². The van der Waals surface area contributed by atoms with Crippen LogP contribution in [0.4, 0.5) is 0 Å². The molecule has 1 amide bonds. The summed E-state index contributed by atoms with van der Waals surface area (Å²) in [4.78, 5) is 10.8. The molecule has 60 valence electrons. The first kappa shape index (κ1) is 9.70. The minimum absolute atomic E-state index is 0.0268. The maximum atomic E-state index is 10.8. The standard InChI is InChI=1S/C8H12N2O/c1-3-4-5-10-8(11)7(2)6-9/h2-5H2,1H3,(H,10,11). The molecule has 0 atom stereocenters. The van der Waals surface area contributed by atoms with Gasteiger partial charge in [-0.1, -0.05) is 19.9 Å². The third kappa shape index (κ3) is 4.15. The summed E-state index contributed by atoms with van der Waals surface area (Å²) in [5.74, 6) is -0.360. The highest BCUT2D eigenvalue weighted by Crippen LogP contribution is 1.87. The fraction of sp³-hybridized carbons (Fsp3) is 0.500. The van der Waals surface area contributed by atoms with Gasteiger partial charge in [0.25, 0.3) is 5.91 Å². The van der Waals surface area contributed by atoms with Crippen LogP contribution in [-0.4, -0.2) is 12.5 Å². The number of hydrogen-bond donors (Lipinski definition) is 1. The fourth-order valence-corrected chi connectivity index (χ4v) is 0.536. The van der Waals surface area contributed by atoms with Crippen LogP contribution in [0.25, 0.3) is 0 Å². The van der Waals surface area contributed by atoms with E-state index in [1.807, 2.05) is 6.92 Å². The average Bonchev–Trinajstić information content (AvgIpc) is 2.03. The number of carbonyl (C=O) groups excluding carboxylic acids is 1. The molecule has 0 radical (unpaired) electrons. The van der Waals surface area contributed by atoms with Gasteiger partial charge in [-0.05, 0) is 6.42 Å². The lowest BCUT2D eigenvalue weighted by Gasteiger charge is -2.00. The molecule has 0 saturated heterocycles. The van der Waals surface area contributed by atoms with Crippen LogP contribution in [0.15, 0.2) is 12.2 Å². The summed E-state index contributed by atoms with van der Waals surface area (Å²) in [5, 5.41) is 10.8. The van der Waals surface area contributed by atoms with Gasteiger partial charge in [-0.3, -0.25) is 4.79 Å². The molecule has 1 N–H and O–H groups in total. The highest BCUT2D eigenvalue weighted by molar-refractivity contribution is 5.96. The van der Waals surface area contributed by atoms with Crippen molar-refractivity contribution in [3.63, 3.8) is 0 Å². The molecule has 0 saturated carbocycles. The highest BCUT2D eigenvalue weighted by Gasteiger charge is 2.02. The van der Waals surface area contributed by atoms with Gasteiger partial charge in [0.2, 0.25) is 0 Å². The van der Waals surface area contributed by atoms with Crippen LogP contribution in [0.2, 0.25) is 0 Å². The van der Waals surface area contributed by atoms with E-state index < -0.39 is 0 Å². The molecule has 0 fully saturated rings. The fourth-order valence-electron chi connectivity index (χ4n) is 0.536. The molecule has 0 heterocycles. The molecule has 0 bridgehead atoms. The Hall–Kier alpha value is -1.30. The Morgan fingerprint density at radius 1 is 1.73 bits per heavy atom. The Morgan fingerprint density at radius 2 is 2.36 bits per heavy atom.